The van der Waals surface area contributed by atoms with E-state index in [1.807, 2.05) is 13.8 Å². The number of carbonyl (C=O) groups excluding carboxylic acids is 3. The molecule has 0 aliphatic carbocycles. The highest BCUT2D eigenvalue weighted by Gasteiger charge is 2.49. The van der Waals surface area contributed by atoms with Gasteiger partial charge in [-0.15, -0.1) is 0 Å². The molecule has 1 N–H and O–H groups in total. The third kappa shape index (κ3) is 2.99. The van der Waals surface area contributed by atoms with Crippen LogP contribution in [-0.4, -0.2) is 29.2 Å². The van der Waals surface area contributed by atoms with E-state index in [4.69, 9.17) is 11.6 Å². The number of nitrogens with one attached hydrogen (secondary N) is 1. The van der Waals surface area contributed by atoms with Crippen molar-refractivity contribution in [1.82, 2.24) is 4.90 Å². The van der Waals surface area contributed by atoms with Gasteiger partial charge in [-0.25, -0.2) is 0 Å². The summed E-state index contributed by atoms with van der Waals surface area (Å²) in [6.45, 7) is 3.51. The number of hydrogen-bond acceptors (Lipinski definition) is 3. The second-order valence-corrected chi connectivity index (χ2v) is 5.88. The second kappa shape index (κ2) is 6.48. The predicted molar refractivity (Wildman–Crippen MR) is 84.4 cm³/mol. The Morgan fingerprint density at radius 3 is 2.45 bits per heavy atom. The van der Waals surface area contributed by atoms with E-state index in [-0.39, 0.29) is 24.8 Å². The van der Waals surface area contributed by atoms with E-state index in [1.54, 1.807) is 24.3 Å². The smallest absolute Gasteiger partial charge is 0.244 e. The van der Waals surface area contributed by atoms with E-state index < -0.39 is 11.3 Å². The first-order chi connectivity index (χ1) is 10.4. The summed E-state index contributed by atoms with van der Waals surface area (Å²) in [5.41, 5.74) is -0.188. The summed E-state index contributed by atoms with van der Waals surface area (Å²) in [5.74, 6) is -0.974. The molecule has 0 saturated carbocycles. The molecule has 118 valence electrons. The zero-order valence-electron chi connectivity index (χ0n) is 12.7. The Balaban J connectivity index is 2.08. The van der Waals surface area contributed by atoms with Gasteiger partial charge in [0.05, 0.1) is 16.1 Å². The fourth-order valence-corrected chi connectivity index (χ4v) is 2.90. The summed E-state index contributed by atoms with van der Waals surface area (Å²) < 4.78 is 0. The third-order valence-electron chi connectivity index (χ3n) is 4.29. The molecule has 2 rings (SSSR count). The van der Waals surface area contributed by atoms with Crippen LogP contribution in [0.4, 0.5) is 5.69 Å². The van der Waals surface area contributed by atoms with Crippen LogP contribution in [0.3, 0.4) is 0 Å². The average Bonchev–Trinajstić information content (AvgIpc) is 2.74. The minimum absolute atomic E-state index is 0.179. The van der Waals surface area contributed by atoms with E-state index in [2.05, 4.69) is 5.32 Å². The molecule has 1 fully saturated rings. The Morgan fingerprint density at radius 1 is 1.27 bits per heavy atom. The van der Waals surface area contributed by atoms with E-state index in [0.29, 0.717) is 23.6 Å². The molecule has 6 heteroatoms. The van der Waals surface area contributed by atoms with Crippen LogP contribution < -0.4 is 5.32 Å². The minimum atomic E-state index is -0.651. The largest absolute Gasteiger partial charge is 0.323 e. The molecule has 22 heavy (non-hydrogen) atoms. The SMILES string of the molecule is CCC1(CC)CC(=O)N(CC(=O)Nc2ccccc2Cl)C1=O. The lowest BCUT2D eigenvalue weighted by Gasteiger charge is -2.23. The first-order valence-electron chi connectivity index (χ1n) is 7.32. The first kappa shape index (κ1) is 16.5. The van der Waals surface area contributed by atoms with E-state index in [9.17, 15) is 14.4 Å². The normalized spacial score (nSPS) is 17.0. The lowest BCUT2D eigenvalue weighted by Crippen LogP contribution is -2.40. The zero-order chi connectivity index (χ0) is 16.3. The van der Waals surface area contributed by atoms with Gasteiger partial charge in [-0.3, -0.25) is 19.3 Å². The van der Waals surface area contributed by atoms with Gasteiger partial charge in [-0.05, 0) is 25.0 Å². The molecule has 5 nitrogen and oxygen atoms in total. The van der Waals surface area contributed by atoms with Crippen LogP contribution in [0.2, 0.25) is 5.02 Å². The van der Waals surface area contributed by atoms with E-state index >= 15 is 0 Å². The predicted octanol–water partition coefficient (Wildman–Crippen LogP) is 2.84. The van der Waals surface area contributed by atoms with Gasteiger partial charge in [0.2, 0.25) is 17.7 Å². The number of nitrogens with zero attached hydrogens (tertiary/aromatic N) is 1. The molecule has 1 aliphatic heterocycles. The standard InChI is InChI=1S/C16H19ClN2O3/c1-3-16(4-2)9-14(21)19(15(16)22)10-13(20)18-12-8-6-5-7-11(12)17/h5-8H,3-4,9-10H2,1-2H3,(H,18,20). The van der Waals surface area contributed by atoms with Crippen molar-refractivity contribution in [3.05, 3.63) is 29.3 Å². The Labute approximate surface area is 134 Å². The van der Waals surface area contributed by atoms with Gasteiger partial charge in [0.25, 0.3) is 0 Å². The van der Waals surface area contributed by atoms with Crippen LogP contribution in [0.15, 0.2) is 24.3 Å². The van der Waals surface area contributed by atoms with E-state index in [1.165, 1.54) is 0 Å². The van der Waals surface area contributed by atoms with Crippen molar-refractivity contribution < 1.29 is 14.4 Å². The van der Waals surface area contributed by atoms with Crippen molar-refractivity contribution >= 4 is 35.0 Å². The molecule has 0 aromatic heterocycles. The van der Waals surface area contributed by atoms with Gasteiger partial charge < -0.3 is 5.32 Å². The fraction of sp³-hybridized carbons (Fsp3) is 0.438. The highest BCUT2D eigenvalue weighted by atomic mass is 35.5. The molecule has 0 bridgehead atoms. The van der Waals surface area contributed by atoms with Gasteiger partial charge in [0, 0.05) is 6.42 Å². The van der Waals surface area contributed by atoms with Crippen molar-refractivity contribution in [2.75, 3.05) is 11.9 Å². The number of rotatable bonds is 5. The maximum atomic E-state index is 12.5. The third-order valence-corrected chi connectivity index (χ3v) is 4.62. The maximum Gasteiger partial charge on any atom is 0.244 e. The molecule has 1 heterocycles. The van der Waals surface area contributed by atoms with E-state index in [0.717, 1.165) is 4.90 Å². The molecule has 1 aromatic rings. The van der Waals surface area contributed by atoms with Crippen LogP contribution in [0, 0.1) is 5.41 Å². The fourth-order valence-electron chi connectivity index (χ4n) is 2.72. The Hall–Kier alpha value is -1.88. The monoisotopic (exact) mass is 322 g/mol. The van der Waals surface area contributed by atoms with Crippen LogP contribution in [0.5, 0.6) is 0 Å². The lowest BCUT2D eigenvalue weighted by atomic mass is 9.81. The lowest BCUT2D eigenvalue weighted by molar-refractivity contribution is -0.144. The van der Waals surface area contributed by atoms with Crippen LogP contribution >= 0.6 is 11.6 Å². The molecule has 1 saturated heterocycles. The molecular formula is C16H19ClN2O3. The van der Waals surface area contributed by atoms with Crippen LogP contribution in [0.25, 0.3) is 0 Å². The molecule has 1 aliphatic rings. The number of halogens is 1. The Morgan fingerprint density at radius 2 is 1.91 bits per heavy atom. The summed E-state index contributed by atoms with van der Waals surface area (Å²) in [6.07, 6.45) is 1.37. The maximum absolute atomic E-state index is 12.5. The number of likely N-dealkylation sites (tertiary alicyclic amines) is 1. The molecule has 0 atom stereocenters. The van der Waals surface area contributed by atoms with Gasteiger partial charge in [0.15, 0.2) is 0 Å². The molecule has 3 amide bonds. The van der Waals surface area contributed by atoms with Crippen molar-refractivity contribution in [2.45, 2.75) is 33.1 Å². The number of imide groups is 1. The topological polar surface area (TPSA) is 66.5 Å². The molecule has 0 unspecified atom stereocenters. The number of hydrogen-bond donors (Lipinski definition) is 1. The summed E-state index contributed by atoms with van der Waals surface area (Å²) in [7, 11) is 0. The minimum Gasteiger partial charge on any atom is -0.323 e. The first-order valence-corrected chi connectivity index (χ1v) is 7.70. The van der Waals surface area contributed by atoms with Crippen LogP contribution in [0.1, 0.15) is 33.1 Å². The number of anilines is 1. The van der Waals surface area contributed by atoms with Crippen molar-refractivity contribution in [2.24, 2.45) is 5.41 Å². The van der Waals surface area contributed by atoms with Gasteiger partial charge in [0.1, 0.15) is 6.54 Å². The Kier molecular flexibility index (Phi) is 4.86. The van der Waals surface area contributed by atoms with Gasteiger partial charge in [-0.2, -0.15) is 0 Å². The summed E-state index contributed by atoms with van der Waals surface area (Å²) >= 11 is 5.97. The van der Waals surface area contributed by atoms with Crippen molar-refractivity contribution in [3.8, 4) is 0 Å². The number of carbonyl (C=O) groups is 3. The molecule has 1 aromatic carbocycles. The van der Waals surface area contributed by atoms with Crippen molar-refractivity contribution in [3.63, 3.8) is 0 Å². The zero-order valence-corrected chi connectivity index (χ0v) is 13.4. The van der Waals surface area contributed by atoms with Gasteiger partial charge >= 0.3 is 0 Å². The molecular weight excluding hydrogens is 304 g/mol. The number of benzene rings is 1. The summed E-state index contributed by atoms with van der Waals surface area (Å²) in [6, 6.07) is 6.81. The highest BCUT2D eigenvalue weighted by Crippen LogP contribution is 2.39. The van der Waals surface area contributed by atoms with Crippen LogP contribution in [-0.2, 0) is 14.4 Å². The average molecular weight is 323 g/mol. The van der Waals surface area contributed by atoms with Gasteiger partial charge in [-0.1, -0.05) is 37.6 Å². The molecule has 0 radical (unpaired) electrons. The number of amides is 3. The molecule has 0 spiro atoms. The summed E-state index contributed by atoms with van der Waals surface area (Å²) in [4.78, 5) is 37.7. The van der Waals surface area contributed by atoms with Crippen molar-refractivity contribution in [1.29, 1.82) is 0 Å². The number of para-hydroxylation sites is 1. The summed E-state index contributed by atoms with van der Waals surface area (Å²) in [5, 5.41) is 3.03. The Bertz CT molecular complexity index is 611. The quantitative estimate of drug-likeness (QED) is 0.848. The second-order valence-electron chi connectivity index (χ2n) is 5.48. The highest BCUT2D eigenvalue weighted by molar-refractivity contribution is 6.33.